The van der Waals surface area contributed by atoms with Gasteiger partial charge in [0, 0.05) is 37.2 Å². The van der Waals surface area contributed by atoms with E-state index in [0.717, 1.165) is 31.7 Å². The summed E-state index contributed by atoms with van der Waals surface area (Å²) in [6.07, 6.45) is 0. The van der Waals surface area contributed by atoms with Crippen LogP contribution < -0.4 is 0 Å². The van der Waals surface area contributed by atoms with E-state index in [1.54, 1.807) is 0 Å². The van der Waals surface area contributed by atoms with Crippen LogP contribution in [0.3, 0.4) is 0 Å². The maximum absolute atomic E-state index is 13.3. The fraction of sp³-hybridized carbons (Fsp3) is 0.429. The molecule has 2 heterocycles. The number of hydrogen-bond acceptors (Lipinski definition) is 2. The molecule has 2 aromatic carbocycles. The first kappa shape index (κ1) is 17.0. The van der Waals surface area contributed by atoms with Crippen LogP contribution in [0, 0.1) is 24.6 Å². The van der Waals surface area contributed by atoms with Gasteiger partial charge in [-0.15, -0.1) is 0 Å². The lowest BCUT2D eigenvalue weighted by Crippen LogP contribution is -2.29. The van der Waals surface area contributed by atoms with Crippen LogP contribution in [0.1, 0.15) is 22.7 Å². The number of aryl methyl sites for hydroxylation is 1. The van der Waals surface area contributed by atoms with Crippen molar-refractivity contribution in [3.63, 3.8) is 0 Å². The summed E-state index contributed by atoms with van der Waals surface area (Å²) in [4.78, 5) is 4.99. The zero-order valence-corrected chi connectivity index (χ0v) is 15.5. The first-order valence-corrected chi connectivity index (χ1v) is 9.33. The van der Waals surface area contributed by atoms with Gasteiger partial charge in [-0.2, -0.15) is 0 Å². The third-order valence-electron chi connectivity index (χ3n) is 5.89. The molecule has 25 heavy (non-hydrogen) atoms. The van der Waals surface area contributed by atoms with Crippen molar-refractivity contribution in [2.75, 3.05) is 26.7 Å². The van der Waals surface area contributed by atoms with E-state index >= 15 is 0 Å². The fourth-order valence-corrected chi connectivity index (χ4v) is 4.98. The minimum absolute atomic E-state index is 0.270. The summed E-state index contributed by atoms with van der Waals surface area (Å²) in [5, 5.41) is 0.532. The molecule has 0 aliphatic carbocycles. The lowest BCUT2D eigenvalue weighted by Gasteiger charge is -2.28. The van der Waals surface area contributed by atoms with Gasteiger partial charge in [-0.05, 0) is 54.6 Å². The van der Waals surface area contributed by atoms with Gasteiger partial charge in [-0.25, -0.2) is 4.39 Å². The Morgan fingerprint density at radius 1 is 1.12 bits per heavy atom. The fourth-order valence-electron chi connectivity index (χ4n) is 4.76. The van der Waals surface area contributed by atoms with Crippen LogP contribution in [0.15, 0.2) is 42.5 Å². The summed E-state index contributed by atoms with van der Waals surface area (Å²) in [6, 6.07) is 14.0. The predicted molar refractivity (Wildman–Crippen MR) is 100 cm³/mol. The van der Waals surface area contributed by atoms with Crippen LogP contribution in [-0.2, 0) is 6.54 Å². The highest BCUT2D eigenvalue weighted by Crippen LogP contribution is 2.45. The van der Waals surface area contributed by atoms with E-state index < -0.39 is 0 Å². The molecule has 2 saturated heterocycles. The molecule has 4 rings (SSSR count). The lowest BCUT2D eigenvalue weighted by molar-refractivity contribution is 0.224. The number of halogens is 2. The van der Waals surface area contributed by atoms with E-state index in [4.69, 9.17) is 11.6 Å². The van der Waals surface area contributed by atoms with Gasteiger partial charge in [0.1, 0.15) is 5.82 Å². The zero-order valence-electron chi connectivity index (χ0n) is 14.8. The minimum atomic E-state index is -0.270. The highest BCUT2D eigenvalue weighted by Gasteiger charge is 2.46. The van der Waals surface area contributed by atoms with Crippen molar-refractivity contribution in [1.29, 1.82) is 0 Å². The molecule has 0 spiro atoms. The van der Waals surface area contributed by atoms with E-state index in [1.165, 1.54) is 23.3 Å². The van der Waals surface area contributed by atoms with Crippen molar-refractivity contribution in [2.45, 2.75) is 19.5 Å². The van der Waals surface area contributed by atoms with Crippen molar-refractivity contribution in [1.82, 2.24) is 9.80 Å². The first-order valence-electron chi connectivity index (χ1n) is 8.95. The van der Waals surface area contributed by atoms with E-state index in [1.807, 2.05) is 6.07 Å². The Morgan fingerprint density at radius 3 is 2.68 bits per heavy atom. The van der Waals surface area contributed by atoms with Gasteiger partial charge >= 0.3 is 0 Å². The Hall–Kier alpha value is -1.42. The van der Waals surface area contributed by atoms with Crippen LogP contribution in [0.25, 0.3) is 0 Å². The average molecular weight is 359 g/mol. The first-order chi connectivity index (χ1) is 12.0. The number of nitrogens with zero attached hydrogens (tertiary/aromatic N) is 2. The van der Waals surface area contributed by atoms with Crippen LogP contribution in [0.4, 0.5) is 4.39 Å². The van der Waals surface area contributed by atoms with Crippen molar-refractivity contribution < 1.29 is 4.39 Å². The zero-order chi connectivity index (χ0) is 17.6. The van der Waals surface area contributed by atoms with Crippen LogP contribution in [0.5, 0.6) is 0 Å². The summed E-state index contributed by atoms with van der Waals surface area (Å²) in [7, 11) is 2.25. The average Bonchev–Trinajstić information content (AvgIpc) is 3.07. The molecule has 3 atom stereocenters. The number of fused-ring (bicyclic) bond motifs is 1. The molecule has 0 saturated carbocycles. The normalized spacial score (nSPS) is 27.0. The van der Waals surface area contributed by atoms with Crippen molar-refractivity contribution in [3.05, 3.63) is 70.0 Å². The second kappa shape index (κ2) is 6.71. The topological polar surface area (TPSA) is 6.48 Å². The largest absolute Gasteiger partial charge is 0.299 e. The van der Waals surface area contributed by atoms with Gasteiger partial charge in [0.25, 0.3) is 0 Å². The van der Waals surface area contributed by atoms with E-state index in [9.17, 15) is 4.39 Å². The Balaban J connectivity index is 1.52. The second-order valence-corrected chi connectivity index (χ2v) is 8.00. The van der Waals surface area contributed by atoms with Gasteiger partial charge in [-0.3, -0.25) is 9.80 Å². The molecule has 0 bridgehead atoms. The molecule has 132 valence electrons. The van der Waals surface area contributed by atoms with E-state index in [-0.39, 0.29) is 5.82 Å². The lowest BCUT2D eigenvalue weighted by atomic mass is 9.88. The van der Waals surface area contributed by atoms with Crippen LogP contribution >= 0.6 is 11.6 Å². The van der Waals surface area contributed by atoms with Crippen molar-refractivity contribution in [3.8, 4) is 0 Å². The molecule has 2 aromatic rings. The van der Waals surface area contributed by atoms with E-state index in [0.29, 0.717) is 22.9 Å². The van der Waals surface area contributed by atoms with Gasteiger partial charge in [0.15, 0.2) is 0 Å². The standard InChI is InChI=1S/C21H24ClFN2/c1-14-5-3-4-6-18(14)21-19-13-25(12-16(19)10-24(21)2)11-15-7-8-17(23)9-20(15)22/h3-9,16,19,21H,10-13H2,1-2H3/t16-,19+,21+/m0/s1. The highest BCUT2D eigenvalue weighted by atomic mass is 35.5. The summed E-state index contributed by atoms with van der Waals surface area (Å²) in [5.74, 6) is 1.06. The SMILES string of the molecule is Cc1ccccc1[C@@H]1[C@@H]2CN(Cc3ccc(F)cc3Cl)C[C@@H]2CN1C. The van der Waals surface area contributed by atoms with Gasteiger partial charge < -0.3 is 0 Å². The van der Waals surface area contributed by atoms with E-state index in [2.05, 4.69) is 48.0 Å². The number of likely N-dealkylation sites (tertiary alicyclic amines) is 2. The molecule has 0 N–H and O–H groups in total. The molecule has 0 aromatic heterocycles. The molecule has 4 heteroatoms. The number of hydrogen-bond donors (Lipinski definition) is 0. The smallest absolute Gasteiger partial charge is 0.124 e. The summed E-state index contributed by atoms with van der Waals surface area (Å²) in [6.45, 7) is 6.31. The number of rotatable bonds is 3. The quantitative estimate of drug-likeness (QED) is 0.795. The number of benzene rings is 2. The molecule has 0 radical (unpaired) electrons. The minimum Gasteiger partial charge on any atom is -0.299 e. The van der Waals surface area contributed by atoms with Gasteiger partial charge in [0.05, 0.1) is 0 Å². The molecule has 2 aliphatic heterocycles. The molecule has 2 nitrogen and oxygen atoms in total. The monoisotopic (exact) mass is 358 g/mol. The Kier molecular flexibility index (Phi) is 4.57. The third-order valence-corrected chi connectivity index (χ3v) is 6.24. The van der Waals surface area contributed by atoms with Crippen molar-refractivity contribution >= 4 is 11.6 Å². The Bertz CT molecular complexity index is 778. The molecular weight excluding hydrogens is 335 g/mol. The molecule has 0 unspecified atom stereocenters. The van der Waals surface area contributed by atoms with Crippen LogP contribution in [0.2, 0.25) is 5.02 Å². The van der Waals surface area contributed by atoms with Gasteiger partial charge in [-0.1, -0.05) is 41.9 Å². The molecule has 2 aliphatic rings. The van der Waals surface area contributed by atoms with Crippen LogP contribution in [-0.4, -0.2) is 36.5 Å². The summed E-state index contributed by atoms with van der Waals surface area (Å²) < 4.78 is 13.3. The molecule has 2 fully saturated rings. The third kappa shape index (κ3) is 3.21. The Labute approximate surface area is 154 Å². The predicted octanol–water partition coefficient (Wildman–Crippen LogP) is 4.52. The second-order valence-electron chi connectivity index (χ2n) is 7.59. The maximum atomic E-state index is 13.3. The van der Waals surface area contributed by atoms with Gasteiger partial charge in [0.2, 0.25) is 0 Å². The summed E-state index contributed by atoms with van der Waals surface area (Å²) >= 11 is 6.22. The Morgan fingerprint density at radius 2 is 1.92 bits per heavy atom. The molecule has 0 amide bonds. The summed E-state index contributed by atoms with van der Waals surface area (Å²) in [5.41, 5.74) is 3.85. The highest BCUT2D eigenvalue weighted by molar-refractivity contribution is 6.31. The maximum Gasteiger partial charge on any atom is 0.124 e. The molecular formula is C21H24ClFN2. The van der Waals surface area contributed by atoms with Crippen molar-refractivity contribution in [2.24, 2.45) is 11.8 Å².